The first-order chi connectivity index (χ1) is 5.51. The van der Waals surface area contributed by atoms with Crippen molar-refractivity contribution in [2.24, 2.45) is 0 Å². The summed E-state index contributed by atoms with van der Waals surface area (Å²) >= 11 is 0. The second-order valence-corrected chi connectivity index (χ2v) is 3.73. The lowest BCUT2D eigenvalue weighted by Crippen LogP contribution is -2.26. The zero-order valence-corrected chi connectivity index (χ0v) is 8.01. The molecule has 0 fully saturated rings. The molecule has 0 spiro atoms. The minimum Gasteiger partial charge on any atom is -0.408 e. The Balaban J connectivity index is 2.64. The molecule has 1 aromatic heterocycles. The molecule has 0 aliphatic heterocycles. The lowest BCUT2D eigenvalue weighted by molar-refractivity contribution is 0.491. The van der Waals surface area contributed by atoms with E-state index in [4.69, 9.17) is 4.42 Å². The van der Waals surface area contributed by atoms with Gasteiger partial charge in [0, 0.05) is 12.0 Å². The highest BCUT2D eigenvalue weighted by molar-refractivity contribution is 5.21. The van der Waals surface area contributed by atoms with Crippen LogP contribution < -0.4 is 5.32 Å². The van der Waals surface area contributed by atoms with Crippen molar-refractivity contribution in [3.63, 3.8) is 0 Å². The van der Waals surface area contributed by atoms with Gasteiger partial charge in [-0.1, -0.05) is 12.0 Å². The Morgan fingerprint density at radius 2 is 2.00 bits per heavy atom. The molecule has 0 amide bonds. The molecule has 4 heteroatoms. The van der Waals surface area contributed by atoms with Crippen LogP contribution in [0.5, 0.6) is 0 Å². The second kappa shape index (κ2) is 3.13. The number of aryl methyl sites for hydroxylation is 1. The molecule has 0 bridgehead atoms. The van der Waals surface area contributed by atoms with Crippen LogP contribution in [0.2, 0.25) is 0 Å². The van der Waals surface area contributed by atoms with E-state index in [1.165, 1.54) is 0 Å². The van der Waals surface area contributed by atoms with Crippen LogP contribution in [0.1, 0.15) is 33.6 Å². The summed E-state index contributed by atoms with van der Waals surface area (Å²) in [7, 11) is 0. The van der Waals surface area contributed by atoms with Crippen molar-refractivity contribution in [1.82, 2.24) is 10.2 Å². The normalized spacial score (nSPS) is 11.7. The van der Waals surface area contributed by atoms with E-state index in [2.05, 4.69) is 15.5 Å². The average Bonchev–Trinajstić information content (AvgIpc) is 2.32. The first kappa shape index (κ1) is 9.03. The predicted octanol–water partition coefficient (Wildman–Crippen LogP) is 1.84. The number of nitrogens with zero attached hydrogens (tertiary/aromatic N) is 2. The summed E-state index contributed by atoms with van der Waals surface area (Å²) in [4.78, 5) is 0. The number of aromatic nitrogens is 2. The van der Waals surface area contributed by atoms with Crippen LogP contribution in [-0.4, -0.2) is 15.7 Å². The third-order valence-electron chi connectivity index (χ3n) is 1.25. The van der Waals surface area contributed by atoms with Gasteiger partial charge in [-0.05, 0) is 20.8 Å². The molecule has 0 atom stereocenters. The molecule has 0 aromatic carbocycles. The summed E-state index contributed by atoms with van der Waals surface area (Å²) < 4.78 is 5.28. The predicted molar refractivity (Wildman–Crippen MR) is 47.1 cm³/mol. The standard InChI is InChI=1S/C8H15N3O/c1-5-6-10-11-7(12-6)9-8(2,3)4/h5H2,1-4H3,(H,9,11). The lowest BCUT2D eigenvalue weighted by atomic mass is 10.1. The number of anilines is 1. The largest absolute Gasteiger partial charge is 0.408 e. The number of hydrogen-bond donors (Lipinski definition) is 1. The van der Waals surface area contributed by atoms with Crippen LogP contribution in [0.25, 0.3) is 0 Å². The van der Waals surface area contributed by atoms with E-state index in [1.807, 2.05) is 27.7 Å². The van der Waals surface area contributed by atoms with Crippen molar-refractivity contribution in [1.29, 1.82) is 0 Å². The van der Waals surface area contributed by atoms with Gasteiger partial charge in [0.2, 0.25) is 5.89 Å². The molecular formula is C8H15N3O. The first-order valence-electron chi connectivity index (χ1n) is 4.12. The van der Waals surface area contributed by atoms with Gasteiger partial charge >= 0.3 is 6.01 Å². The van der Waals surface area contributed by atoms with Gasteiger partial charge in [0.15, 0.2) is 0 Å². The lowest BCUT2D eigenvalue weighted by Gasteiger charge is -2.17. The van der Waals surface area contributed by atoms with E-state index in [0.717, 1.165) is 6.42 Å². The molecule has 4 nitrogen and oxygen atoms in total. The minimum absolute atomic E-state index is 0.0302. The van der Waals surface area contributed by atoms with Crippen molar-refractivity contribution in [2.75, 3.05) is 5.32 Å². The van der Waals surface area contributed by atoms with Crippen LogP contribution in [0.15, 0.2) is 4.42 Å². The van der Waals surface area contributed by atoms with Crippen molar-refractivity contribution in [3.05, 3.63) is 5.89 Å². The fourth-order valence-corrected chi connectivity index (χ4v) is 0.768. The molecule has 1 aromatic rings. The molecule has 1 N–H and O–H groups in total. The molecule has 0 aliphatic carbocycles. The molecule has 0 saturated carbocycles. The fraction of sp³-hybridized carbons (Fsp3) is 0.750. The molecule has 0 radical (unpaired) electrons. The smallest absolute Gasteiger partial charge is 0.315 e. The summed E-state index contributed by atoms with van der Waals surface area (Å²) in [5.74, 6) is 0.668. The fourth-order valence-electron chi connectivity index (χ4n) is 0.768. The maximum atomic E-state index is 5.28. The maximum absolute atomic E-state index is 5.28. The molecule has 68 valence electrons. The van der Waals surface area contributed by atoms with E-state index in [9.17, 15) is 0 Å². The van der Waals surface area contributed by atoms with E-state index >= 15 is 0 Å². The monoisotopic (exact) mass is 169 g/mol. The number of rotatable bonds is 2. The molecular weight excluding hydrogens is 154 g/mol. The third-order valence-corrected chi connectivity index (χ3v) is 1.25. The summed E-state index contributed by atoms with van der Waals surface area (Å²) in [6.07, 6.45) is 0.777. The number of nitrogens with one attached hydrogen (secondary N) is 1. The summed E-state index contributed by atoms with van der Waals surface area (Å²) in [6.45, 7) is 8.11. The van der Waals surface area contributed by atoms with Gasteiger partial charge in [-0.15, -0.1) is 5.10 Å². The average molecular weight is 169 g/mol. The van der Waals surface area contributed by atoms with Crippen molar-refractivity contribution in [3.8, 4) is 0 Å². The van der Waals surface area contributed by atoms with Crippen LogP contribution in [0, 0.1) is 0 Å². The van der Waals surface area contributed by atoms with Gasteiger partial charge in [-0.25, -0.2) is 0 Å². The molecule has 12 heavy (non-hydrogen) atoms. The van der Waals surface area contributed by atoms with Gasteiger partial charge in [-0.3, -0.25) is 0 Å². The van der Waals surface area contributed by atoms with Crippen LogP contribution >= 0.6 is 0 Å². The molecule has 1 heterocycles. The second-order valence-electron chi connectivity index (χ2n) is 3.73. The van der Waals surface area contributed by atoms with Gasteiger partial charge in [0.25, 0.3) is 0 Å². The van der Waals surface area contributed by atoms with E-state index in [1.54, 1.807) is 0 Å². The van der Waals surface area contributed by atoms with Crippen LogP contribution in [-0.2, 0) is 6.42 Å². The highest BCUT2D eigenvalue weighted by Crippen LogP contribution is 2.12. The zero-order valence-electron chi connectivity index (χ0n) is 8.01. The van der Waals surface area contributed by atoms with Crippen molar-refractivity contribution >= 4 is 6.01 Å². The third kappa shape index (κ3) is 2.53. The topological polar surface area (TPSA) is 51.0 Å². The van der Waals surface area contributed by atoms with Gasteiger partial charge < -0.3 is 9.73 Å². The maximum Gasteiger partial charge on any atom is 0.315 e. The van der Waals surface area contributed by atoms with Gasteiger partial charge in [-0.2, -0.15) is 0 Å². The molecule has 1 rings (SSSR count). The molecule has 0 saturated heterocycles. The van der Waals surface area contributed by atoms with Gasteiger partial charge in [0.1, 0.15) is 0 Å². The zero-order chi connectivity index (χ0) is 9.19. The minimum atomic E-state index is -0.0302. The number of hydrogen-bond acceptors (Lipinski definition) is 4. The SMILES string of the molecule is CCc1nnc(NC(C)(C)C)o1. The Bertz CT molecular complexity index is 249. The van der Waals surface area contributed by atoms with Crippen LogP contribution in [0.4, 0.5) is 6.01 Å². The summed E-state index contributed by atoms with van der Waals surface area (Å²) in [5.41, 5.74) is -0.0302. The first-order valence-corrected chi connectivity index (χ1v) is 4.12. The van der Waals surface area contributed by atoms with Crippen molar-refractivity contribution in [2.45, 2.75) is 39.7 Å². The van der Waals surface area contributed by atoms with E-state index in [0.29, 0.717) is 11.9 Å². The highest BCUT2D eigenvalue weighted by Gasteiger charge is 2.13. The van der Waals surface area contributed by atoms with Crippen molar-refractivity contribution < 1.29 is 4.42 Å². The summed E-state index contributed by atoms with van der Waals surface area (Å²) in [6, 6.07) is 0.499. The quantitative estimate of drug-likeness (QED) is 0.734. The van der Waals surface area contributed by atoms with Gasteiger partial charge in [0.05, 0.1) is 0 Å². The van der Waals surface area contributed by atoms with E-state index in [-0.39, 0.29) is 5.54 Å². The summed E-state index contributed by atoms with van der Waals surface area (Å²) in [5, 5.41) is 10.8. The Morgan fingerprint density at radius 1 is 1.33 bits per heavy atom. The van der Waals surface area contributed by atoms with E-state index < -0.39 is 0 Å². The van der Waals surface area contributed by atoms with Crippen LogP contribution in [0.3, 0.4) is 0 Å². The molecule has 0 aliphatic rings. The Morgan fingerprint density at radius 3 is 2.42 bits per heavy atom. The Kier molecular flexibility index (Phi) is 2.35. The Hall–Kier alpha value is -1.06. The highest BCUT2D eigenvalue weighted by atomic mass is 16.4. The molecule has 0 unspecified atom stereocenters. The Labute approximate surface area is 72.4 Å².